The van der Waals surface area contributed by atoms with Crippen LogP contribution in [0.3, 0.4) is 0 Å². The lowest BCUT2D eigenvalue weighted by Crippen LogP contribution is -2.31. The minimum Gasteiger partial charge on any atom is -0.467 e. The van der Waals surface area contributed by atoms with Crippen LogP contribution in [0.4, 0.5) is 0 Å². The number of carbonyl (C=O) groups excluding carboxylic acids is 1. The largest absolute Gasteiger partial charge is 0.467 e. The van der Waals surface area contributed by atoms with Crippen molar-refractivity contribution in [2.75, 3.05) is 6.61 Å². The quantitative estimate of drug-likeness (QED) is 0.745. The first kappa shape index (κ1) is 16.3. The molecule has 2 N–H and O–H groups in total. The van der Waals surface area contributed by atoms with Crippen molar-refractivity contribution in [3.63, 3.8) is 0 Å². The summed E-state index contributed by atoms with van der Waals surface area (Å²) in [6.45, 7) is 1.42. The number of amides is 1. The zero-order chi connectivity index (χ0) is 17.1. The van der Waals surface area contributed by atoms with Crippen LogP contribution in [0.2, 0.25) is 5.15 Å². The molecule has 124 valence electrons. The number of halogens is 1. The van der Waals surface area contributed by atoms with Crippen molar-refractivity contribution in [1.29, 1.82) is 0 Å². The third-order valence-electron chi connectivity index (χ3n) is 3.61. The van der Waals surface area contributed by atoms with Gasteiger partial charge in [0.15, 0.2) is 0 Å². The molecule has 0 bridgehead atoms. The molecule has 6 nitrogen and oxygen atoms in total. The lowest BCUT2D eigenvalue weighted by molar-refractivity contribution is 0.0907. The fourth-order valence-corrected chi connectivity index (χ4v) is 2.78. The van der Waals surface area contributed by atoms with Gasteiger partial charge in [0.05, 0.1) is 29.8 Å². The summed E-state index contributed by atoms with van der Waals surface area (Å²) < 4.78 is 6.74. The molecule has 1 amide bonds. The Hall–Kier alpha value is -2.57. The van der Waals surface area contributed by atoms with E-state index in [2.05, 4.69) is 10.4 Å². The standard InChI is InChI=1S/C17H16ClN3O3/c1-11-15(16(18)21(20-11)12-6-3-2-4-7-12)17(23)19-13(10-22)14-8-5-9-24-14/h2-9,13,22H,10H2,1H3,(H,19,23). The molecule has 0 radical (unpaired) electrons. The molecule has 0 saturated carbocycles. The molecule has 0 aliphatic carbocycles. The third kappa shape index (κ3) is 3.06. The maximum absolute atomic E-state index is 12.6. The van der Waals surface area contributed by atoms with Crippen molar-refractivity contribution in [3.05, 3.63) is 70.9 Å². The molecule has 0 spiro atoms. The van der Waals surface area contributed by atoms with Crippen LogP contribution in [-0.2, 0) is 0 Å². The summed E-state index contributed by atoms with van der Waals surface area (Å²) in [5.41, 5.74) is 1.53. The van der Waals surface area contributed by atoms with Gasteiger partial charge in [-0.2, -0.15) is 5.10 Å². The van der Waals surface area contributed by atoms with E-state index in [1.165, 1.54) is 10.9 Å². The summed E-state index contributed by atoms with van der Waals surface area (Å²) in [6, 6.07) is 12.0. The first-order valence-corrected chi connectivity index (χ1v) is 7.75. The van der Waals surface area contributed by atoms with Gasteiger partial charge in [-0.15, -0.1) is 0 Å². The second-order valence-corrected chi connectivity index (χ2v) is 5.58. The van der Waals surface area contributed by atoms with Crippen molar-refractivity contribution < 1.29 is 14.3 Å². The van der Waals surface area contributed by atoms with E-state index in [0.717, 1.165) is 5.69 Å². The van der Waals surface area contributed by atoms with E-state index in [0.29, 0.717) is 11.5 Å². The van der Waals surface area contributed by atoms with Crippen molar-refractivity contribution in [1.82, 2.24) is 15.1 Å². The summed E-state index contributed by atoms with van der Waals surface area (Å²) in [6.07, 6.45) is 1.48. The highest BCUT2D eigenvalue weighted by Gasteiger charge is 2.24. The number of furan rings is 1. The third-order valence-corrected chi connectivity index (χ3v) is 3.96. The van der Waals surface area contributed by atoms with Crippen LogP contribution in [-0.4, -0.2) is 27.4 Å². The molecule has 0 aliphatic rings. The molecule has 1 unspecified atom stereocenters. The maximum Gasteiger partial charge on any atom is 0.257 e. The molecule has 7 heteroatoms. The van der Waals surface area contributed by atoms with Gasteiger partial charge in [0.25, 0.3) is 5.91 Å². The van der Waals surface area contributed by atoms with Crippen molar-refractivity contribution in [2.45, 2.75) is 13.0 Å². The highest BCUT2D eigenvalue weighted by atomic mass is 35.5. The van der Waals surface area contributed by atoms with E-state index >= 15 is 0 Å². The molecule has 0 fully saturated rings. The fourth-order valence-electron chi connectivity index (χ4n) is 2.42. The minimum atomic E-state index is -0.650. The van der Waals surface area contributed by atoms with Gasteiger partial charge in [0.1, 0.15) is 17.0 Å². The Morgan fingerprint density at radius 2 is 2.08 bits per heavy atom. The average molecular weight is 346 g/mol. The zero-order valence-corrected chi connectivity index (χ0v) is 13.7. The van der Waals surface area contributed by atoms with Crippen LogP contribution >= 0.6 is 11.6 Å². The number of aryl methyl sites for hydroxylation is 1. The lowest BCUT2D eigenvalue weighted by atomic mass is 10.2. The van der Waals surface area contributed by atoms with Crippen LogP contribution in [0.1, 0.15) is 27.9 Å². The first-order valence-electron chi connectivity index (χ1n) is 7.37. The Kier molecular flexibility index (Phi) is 4.69. The number of nitrogens with one attached hydrogen (secondary N) is 1. The lowest BCUT2D eigenvalue weighted by Gasteiger charge is -2.13. The summed E-state index contributed by atoms with van der Waals surface area (Å²) in [5.74, 6) is 0.0465. The van der Waals surface area contributed by atoms with Crippen molar-refractivity contribution in [2.24, 2.45) is 0 Å². The molecular weight excluding hydrogens is 330 g/mol. The molecule has 1 atom stereocenters. The topological polar surface area (TPSA) is 80.3 Å². The van der Waals surface area contributed by atoms with E-state index in [4.69, 9.17) is 16.0 Å². The number of benzene rings is 1. The van der Waals surface area contributed by atoms with Gasteiger partial charge in [0.2, 0.25) is 0 Å². The highest BCUT2D eigenvalue weighted by molar-refractivity contribution is 6.33. The number of hydrogen-bond donors (Lipinski definition) is 2. The summed E-state index contributed by atoms with van der Waals surface area (Å²) in [7, 11) is 0. The number of aromatic nitrogens is 2. The van der Waals surface area contributed by atoms with E-state index in [1.54, 1.807) is 19.1 Å². The Morgan fingerprint density at radius 1 is 1.33 bits per heavy atom. The monoisotopic (exact) mass is 345 g/mol. The number of carbonyl (C=O) groups is 1. The Bertz CT molecular complexity index is 828. The van der Waals surface area contributed by atoms with E-state index in [9.17, 15) is 9.90 Å². The summed E-state index contributed by atoms with van der Waals surface area (Å²) in [4.78, 5) is 12.6. The van der Waals surface area contributed by atoms with E-state index in [1.807, 2.05) is 30.3 Å². The van der Waals surface area contributed by atoms with Gasteiger partial charge in [-0.3, -0.25) is 4.79 Å². The number of para-hydroxylation sites is 1. The Morgan fingerprint density at radius 3 is 2.71 bits per heavy atom. The normalized spacial score (nSPS) is 12.1. The zero-order valence-electron chi connectivity index (χ0n) is 12.9. The molecule has 2 heterocycles. The van der Waals surface area contributed by atoms with Gasteiger partial charge in [0, 0.05) is 0 Å². The molecule has 0 saturated heterocycles. The SMILES string of the molecule is Cc1nn(-c2ccccc2)c(Cl)c1C(=O)NC(CO)c1ccco1. The Labute approximate surface area is 143 Å². The summed E-state index contributed by atoms with van der Waals surface area (Å²) >= 11 is 6.36. The van der Waals surface area contributed by atoms with Gasteiger partial charge >= 0.3 is 0 Å². The predicted octanol–water partition coefficient (Wildman–Crippen LogP) is 2.89. The van der Waals surface area contributed by atoms with Crippen LogP contribution in [0.5, 0.6) is 0 Å². The van der Waals surface area contributed by atoms with Crippen molar-refractivity contribution >= 4 is 17.5 Å². The van der Waals surface area contributed by atoms with Gasteiger partial charge < -0.3 is 14.8 Å². The minimum absolute atomic E-state index is 0.215. The molecule has 3 aromatic rings. The average Bonchev–Trinajstić information content (AvgIpc) is 3.21. The van der Waals surface area contributed by atoms with Crippen LogP contribution in [0.25, 0.3) is 5.69 Å². The van der Waals surface area contributed by atoms with E-state index in [-0.39, 0.29) is 17.3 Å². The summed E-state index contributed by atoms with van der Waals surface area (Å²) in [5, 5.41) is 16.7. The molecule has 24 heavy (non-hydrogen) atoms. The van der Waals surface area contributed by atoms with Crippen LogP contribution < -0.4 is 5.32 Å². The fraction of sp³-hybridized carbons (Fsp3) is 0.176. The van der Waals surface area contributed by atoms with Gasteiger partial charge in [-0.25, -0.2) is 4.68 Å². The molecule has 2 aromatic heterocycles. The van der Waals surface area contributed by atoms with Crippen LogP contribution in [0.15, 0.2) is 53.1 Å². The number of nitrogens with zero attached hydrogens (tertiary/aromatic N) is 2. The van der Waals surface area contributed by atoms with E-state index < -0.39 is 11.9 Å². The van der Waals surface area contributed by atoms with Gasteiger partial charge in [-0.1, -0.05) is 29.8 Å². The number of hydrogen-bond acceptors (Lipinski definition) is 4. The molecule has 0 aliphatic heterocycles. The number of rotatable bonds is 5. The molecule has 3 rings (SSSR count). The number of aliphatic hydroxyl groups excluding tert-OH is 1. The smallest absolute Gasteiger partial charge is 0.257 e. The first-order chi connectivity index (χ1) is 11.6. The van der Waals surface area contributed by atoms with Crippen LogP contribution in [0, 0.1) is 6.92 Å². The van der Waals surface area contributed by atoms with Crippen molar-refractivity contribution in [3.8, 4) is 5.69 Å². The Balaban J connectivity index is 1.89. The predicted molar refractivity (Wildman–Crippen MR) is 89.3 cm³/mol. The molecule has 1 aromatic carbocycles. The molecular formula is C17H16ClN3O3. The van der Waals surface area contributed by atoms with Gasteiger partial charge in [-0.05, 0) is 31.2 Å². The second-order valence-electron chi connectivity index (χ2n) is 5.22. The second kappa shape index (κ2) is 6.90. The number of aliphatic hydroxyl groups is 1. The highest BCUT2D eigenvalue weighted by Crippen LogP contribution is 2.24. The maximum atomic E-state index is 12.6.